The van der Waals surface area contributed by atoms with Crippen molar-refractivity contribution in [2.24, 2.45) is 5.92 Å². The summed E-state index contributed by atoms with van der Waals surface area (Å²) >= 11 is 1.82. The van der Waals surface area contributed by atoms with E-state index in [2.05, 4.69) is 46.5 Å². The number of hydrogen-bond donors (Lipinski definition) is 1. The van der Waals surface area contributed by atoms with Gasteiger partial charge in [-0.15, -0.1) is 11.3 Å². The van der Waals surface area contributed by atoms with Gasteiger partial charge in [0.15, 0.2) is 5.76 Å². The Morgan fingerprint density at radius 2 is 1.82 bits per heavy atom. The second kappa shape index (κ2) is 8.73. The molecule has 2 aliphatic carbocycles. The summed E-state index contributed by atoms with van der Waals surface area (Å²) in [5.41, 5.74) is 4.79. The van der Waals surface area contributed by atoms with Crippen LogP contribution in [0.2, 0.25) is 0 Å². The summed E-state index contributed by atoms with van der Waals surface area (Å²) in [7, 11) is 0. The minimum absolute atomic E-state index is 0.212. The first-order valence-corrected chi connectivity index (χ1v) is 13.1. The second-order valence-electron chi connectivity index (χ2n) is 9.92. The molecule has 33 heavy (non-hydrogen) atoms. The summed E-state index contributed by atoms with van der Waals surface area (Å²) in [4.78, 5) is 16.1. The number of aromatic nitrogens is 1. The maximum atomic E-state index is 11.2. The van der Waals surface area contributed by atoms with E-state index in [4.69, 9.17) is 4.52 Å². The highest BCUT2D eigenvalue weighted by atomic mass is 32.1. The monoisotopic (exact) mass is 462 g/mol. The van der Waals surface area contributed by atoms with Crippen molar-refractivity contribution in [1.82, 2.24) is 10.1 Å². The lowest BCUT2D eigenvalue weighted by molar-refractivity contribution is -0.149. The second-order valence-corrected chi connectivity index (χ2v) is 11.1. The predicted octanol–water partition coefficient (Wildman–Crippen LogP) is 6.51. The van der Waals surface area contributed by atoms with E-state index in [1.807, 2.05) is 11.3 Å². The lowest BCUT2D eigenvalue weighted by Gasteiger charge is -2.44. The minimum Gasteiger partial charge on any atom is -0.481 e. The molecule has 0 spiro atoms. The third-order valence-corrected chi connectivity index (χ3v) is 9.05. The average molecular weight is 463 g/mol. The van der Waals surface area contributed by atoms with Crippen LogP contribution < -0.4 is 0 Å². The molecule has 0 amide bonds. The zero-order valence-electron chi connectivity index (χ0n) is 18.8. The summed E-state index contributed by atoms with van der Waals surface area (Å²) in [5.74, 6) is 0.641. The molecule has 5 nitrogen and oxygen atoms in total. The molecule has 1 atom stereocenters. The van der Waals surface area contributed by atoms with Gasteiger partial charge in [-0.25, -0.2) is 0 Å². The zero-order chi connectivity index (χ0) is 22.4. The predicted molar refractivity (Wildman–Crippen MR) is 129 cm³/mol. The molecule has 1 N–H and O–H groups in total. The van der Waals surface area contributed by atoms with Crippen molar-refractivity contribution in [3.05, 3.63) is 52.4 Å². The number of thiophene rings is 1. The summed E-state index contributed by atoms with van der Waals surface area (Å²) in [6, 6.07) is 13.5. The molecule has 2 fully saturated rings. The van der Waals surface area contributed by atoms with E-state index < -0.39 is 5.97 Å². The number of benzene rings is 1. The third kappa shape index (κ3) is 4.04. The number of nitrogens with zero attached hydrogens (tertiary/aromatic N) is 2. The normalized spacial score (nSPS) is 22.1. The van der Waals surface area contributed by atoms with Gasteiger partial charge in [-0.1, -0.05) is 48.7 Å². The highest BCUT2D eigenvalue weighted by Crippen LogP contribution is 2.44. The Morgan fingerprint density at radius 1 is 1.03 bits per heavy atom. The van der Waals surface area contributed by atoms with E-state index in [1.54, 1.807) is 0 Å². The summed E-state index contributed by atoms with van der Waals surface area (Å²) in [5, 5.41) is 13.6. The van der Waals surface area contributed by atoms with Gasteiger partial charge in [-0.05, 0) is 55.2 Å². The number of hydrogen-bond acceptors (Lipinski definition) is 5. The van der Waals surface area contributed by atoms with E-state index in [9.17, 15) is 9.90 Å². The molecule has 3 aliphatic rings. The molecule has 1 saturated carbocycles. The fourth-order valence-electron chi connectivity index (χ4n) is 5.84. The minimum atomic E-state index is -0.671. The highest BCUT2D eigenvalue weighted by Gasteiger charge is 2.39. The maximum absolute atomic E-state index is 11.2. The van der Waals surface area contributed by atoms with Crippen LogP contribution in [0, 0.1) is 5.92 Å². The van der Waals surface area contributed by atoms with Crippen LogP contribution in [0.25, 0.3) is 21.9 Å². The standard InChI is InChI=1S/C27H30N2O3S/c30-27(31)20-15-29(16-20)23-7-4-8-25-21(23)13-26(33-25)22-14-24(32-28-22)19-11-9-18(10-12-19)17-5-2-1-3-6-17/h9-14,17,20,23H,1-8,15-16H2,(H,30,31). The highest BCUT2D eigenvalue weighted by molar-refractivity contribution is 7.15. The smallest absolute Gasteiger partial charge is 0.309 e. The van der Waals surface area contributed by atoms with E-state index in [0.717, 1.165) is 41.2 Å². The molecule has 2 aromatic heterocycles. The number of aryl methyl sites for hydroxylation is 1. The SMILES string of the molecule is O=C(O)C1CN(C2CCCc3sc(-c4cc(-c5ccc(C6CCCCC6)cc5)on4)cc32)C1. The van der Waals surface area contributed by atoms with Gasteiger partial charge in [-0.2, -0.15) is 0 Å². The fourth-order valence-corrected chi connectivity index (χ4v) is 7.05. The molecular weight excluding hydrogens is 432 g/mol. The van der Waals surface area contributed by atoms with Crippen molar-refractivity contribution in [2.45, 2.75) is 63.3 Å². The quantitative estimate of drug-likeness (QED) is 0.468. The van der Waals surface area contributed by atoms with Gasteiger partial charge < -0.3 is 9.63 Å². The fraction of sp³-hybridized carbons (Fsp3) is 0.481. The average Bonchev–Trinajstić information content (AvgIpc) is 3.46. The van der Waals surface area contributed by atoms with Crippen LogP contribution >= 0.6 is 11.3 Å². The Balaban J connectivity index is 1.19. The first-order chi connectivity index (χ1) is 16.2. The van der Waals surface area contributed by atoms with Crippen LogP contribution in [0.4, 0.5) is 0 Å². The molecule has 0 bridgehead atoms. The maximum Gasteiger partial charge on any atom is 0.309 e. The largest absolute Gasteiger partial charge is 0.481 e. The van der Waals surface area contributed by atoms with Crippen LogP contribution in [0.15, 0.2) is 40.9 Å². The molecule has 6 heteroatoms. The van der Waals surface area contributed by atoms with Gasteiger partial charge in [0.2, 0.25) is 0 Å². The first-order valence-electron chi connectivity index (χ1n) is 12.3. The van der Waals surface area contributed by atoms with Crippen molar-refractivity contribution in [3.63, 3.8) is 0 Å². The zero-order valence-corrected chi connectivity index (χ0v) is 19.7. The molecule has 0 radical (unpaired) electrons. The third-order valence-electron chi connectivity index (χ3n) is 7.82. The van der Waals surface area contributed by atoms with Gasteiger partial charge in [0.25, 0.3) is 0 Å². The number of aliphatic carboxylic acids is 1. The molecule has 172 valence electrons. The lowest BCUT2D eigenvalue weighted by atomic mass is 9.84. The van der Waals surface area contributed by atoms with Gasteiger partial charge in [0.05, 0.1) is 10.8 Å². The van der Waals surface area contributed by atoms with Crippen LogP contribution in [0.3, 0.4) is 0 Å². The van der Waals surface area contributed by atoms with Crippen LogP contribution in [0.1, 0.15) is 72.9 Å². The van der Waals surface area contributed by atoms with Crippen molar-refractivity contribution in [3.8, 4) is 21.9 Å². The number of carboxylic acids is 1. The van der Waals surface area contributed by atoms with E-state index in [1.165, 1.54) is 48.1 Å². The van der Waals surface area contributed by atoms with Gasteiger partial charge in [-0.3, -0.25) is 9.69 Å². The number of carboxylic acid groups (broad SMARTS) is 1. The van der Waals surface area contributed by atoms with Crippen LogP contribution in [0.5, 0.6) is 0 Å². The van der Waals surface area contributed by atoms with Crippen molar-refractivity contribution in [2.75, 3.05) is 13.1 Å². The van der Waals surface area contributed by atoms with E-state index >= 15 is 0 Å². The molecule has 6 rings (SSSR count). The Morgan fingerprint density at radius 3 is 2.58 bits per heavy atom. The molecule has 3 heterocycles. The van der Waals surface area contributed by atoms with E-state index in [0.29, 0.717) is 25.0 Å². The summed E-state index contributed by atoms with van der Waals surface area (Å²) in [6.45, 7) is 1.32. The Hall–Kier alpha value is -2.44. The van der Waals surface area contributed by atoms with Gasteiger partial charge in [0, 0.05) is 35.6 Å². The number of likely N-dealkylation sites (tertiary alicyclic amines) is 1. The topological polar surface area (TPSA) is 66.6 Å². The van der Waals surface area contributed by atoms with Gasteiger partial charge >= 0.3 is 5.97 Å². The molecule has 1 aliphatic heterocycles. The van der Waals surface area contributed by atoms with Crippen molar-refractivity contribution < 1.29 is 14.4 Å². The van der Waals surface area contributed by atoms with Crippen molar-refractivity contribution in [1.29, 1.82) is 0 Å². The lowest BCUT2D eigenvalue weighted by Crippen LogP contribution is -2.52. The summed E-state index contributed by atoms with van der Waals surface area (Å²) < 4.78 is 5.75. The van der Waals surface area contributed by atoms with Gasteiger partial charge in [0.1, 0.15) is 5.69 Å². The molecular formula is C27H30N2O3S. The molecule has 1 saturated heterocycles. The Labute approximate surface area is 198 Å². The first kappa shape index (κ1) is 21.1. The number of fused-ring (bicyclic) bond motifs is 1. The Bertz CT molecular complexity index is 1140. The molecule has 1 unspecified atom stereocenters. The Kier molecular flexibility index (Phi) is 5.59. The van der Waals surface area contributed by atoms with E-state index in [-0.39, 0.29) is 5.92 Å². The number of rotatable bonds is 5. The van der Waals surface area contributed by atoms with Crippen molar-refractivity contribution >= 4 is 17.3 Å². The summed E-state index contributed by atoms with van der Waals surface area (Å²) in [6.07, 6.45) is 10.1. The molecule has 1 aromatic carbocycles. The van der Waals surface area contributed by atoms with Crippen LogP contribution in [-0.2, 0) is 11.2 Å². The van der Waals surface area contributed by atoms with Crippen LogP contribution in [-0.4, -0.2) is 34.2 Å². The molecule has 3 aromatic rings. The number of carbonyl (C=O) groups is 1.